The summed E-state index contributed by atoms with van der Waals surface area (Å²) in [6.07, 6.45) is 0.912. The third kappa shape index (κ3) is 4.70. The van der Waals surface area contributed by atoms with Crippen LogP contribution in [-0.4, -0.2) is 79.0 Å². The van der Waals surface area contributed by atoms with E-state index in [9.17, 15) is 4.79 Å². The fourth-order valence-electron chi connectivity index (χ4n) is 4.96. The molecule has 0 saturated carbocycles. The standard InChI is InChI=1S/C28H34N4O4/c1-4-15-36-22-10-9-21(18-23(22)34-3)27-24-25(20-7-5-19(2)6-8-20)29-30-26(24)28(33)32(27)12-11-31-13-16-35-17-14-31/h5-10,18,27H,4,11-17H2,1-3H3,(H,29,30). The van der Waals surface area contributed by atoms with Crippen LogP contribution in [0.3, 0.4) is 0 Å². The Morgan fingerprint density at radius 2 is 1.86 bits per heavy atom. The molecule has 3 aromatic rings. The van der Waals surface area contributed by atoms with Crippen molar-refractivity contribution in [1.82, 2.24) is 20.0 Å². The Morgan fingerprint density at radius 3 is 2.58 bits per heavy atom. The molecule has 0 spiro atoms. The molecular formula is C28H34N4O4. The van der Waals surface area contributed by atoms with Crippen molar-refractivity contribution >= 4 is 5.91 Å². The van der Waals surface area contributed by atoms with Crippen LogP contribution >= 0.6 is 0 Å². The number of H-pyrrole nitrogens is 1. The van der Waals surface area contributed by atoms with E-state index in [1.807, 2.05) is 23.1 Å². The van der Waals surface area contributed by atoms with Gasteiger partial charge in [-0.25, -0.2) is 0 Å². The Morgan fingerprint density at radius 1 is 1.08 bits per heavy atom. The number of methoxy groups -OCH3 is 1. The van der Waals surface area contributed by atoms with Gasteiger partial charge in [-0.15, -0.1) is 0 Å². The number of amides is 1. The van der Waals surface area contributed by atoms with E-state index in [0.29, 0.717) is 30.3 Å². The largest absolute Gasteiger partial charge is 0.493 e. The lowest BCUT2D eigenvalue weighted by Gasteiger charge is -2.31. The number of morpholine rings is 1. The number of fused-ring (bicyclic) bond motifs is 1. The first-order chi connectivity index (χ1) is 17.6. The molecule has 1 aromatic heterocycles. The summed E-state index contributed by atoms with van der Waals surface area (Å²) in [5.74, 6) is 1.34. The zero-order chi connectivity index (χ0) is 25.1. The molecule has 8 nitrogen and oxygen atoms in total. The minimum atomic E-state index is -0.280. The van der Waals surface area contributed by atoms with Crippen molar-refractivity contribution in [2.24, 2.45) is 0 Å². The molecule has 5 rings (SSSR count). The van der Waals surface area contributed by atoms with Crippen LogP contribution in [0.1, 0.15) is 46.6 Å². The molecule has 1 saturated heterocycles. The Balaban J connectivity index is 1.54. The number of nitrogens with zero attached hydrogens (tertiary/aromatic N) is 3. The van der Waals surface area contributed by atoms with Crippen LogP contribution in [0.15, 0.2) is 42.5 Å². The van der Waals surface area contributed by atoms with Gasteiger partial charge in [-0.05, 0) is 31.0 Å². The zero-order valence-corrected chi connectivity index (χ0v) is 21.3. The van der Waals surface area contributed by atoms with E-state index in [1.165, 1.54) is 5.56 Å². The van der Waals surface area contributed by atoms with Gasteiger partial charge in [0, 0.05) is 37.3 Å². The quantitative estimate of drug-likeness (QED) is 0.487. The van der Waals surface area contributed by atoms with E-state index in [4.69, 9.17) is 14.2 Å². The van der Waals surface area contributed by atoms with E-state index in [1.54, 1.807) is 7.11 Å². The van der Waals surface area contributed by atoms with Gasteiger partial charge in [0.2, 0.25) is 0 Å². The fourth-order valence-corrected chi connectivity index (χ4v) is 4.96. The zero-order valence-electron chi connectivity index (χ0n) is 21.3. The first-order valence-corrected chi connectivity index (χ1v) is 12.7. The summed E-state index contributed by atoms with van der Waals surface area (Å²) in [6, 6.07) is 14.0. The molecule has 1 atom stereocenters. The molecule has 8 heteroatoms. The Hall–Kier alpha value is -3.36. The van der Waals surface area contributed by atoms with Crippen molar-refractivity contribution in [1.29, 1.82) is 0 Å². The maximum atomic E-state index is 13.7. The molecule has 0 radical (unpaired) electrons. The highest BCUT2D eigenvalue weighted by Gasteiger charge is 2.42. The van der Waals surface area contributed by atoms with Gasteiger partial charge >= 0.3 is 0 Å². The number of hydrogen-bond acceptors (Lipinski definition) is 6. The highest BCUT2D eigenvalue weighted by molar-refractivity contribution is 6.00. The summed E-state index contributed by atoms with van der Waals surface area (Å²) < 4.78 is 17.1. The number of aromatic nitrogens is 2. The molecule has 1 fully saturated rings. The predicted octanol–water partition coefficient (Wildman–Crippen LogP) is 4.06. The van der Waals surface area contributed by atoms with Gasteiger partial charge in [-0.1, -0.05) is 42.8 Å². The normalized spacial score (nSPS) is 17.9. The maximum absolute atomic E-state index is 13.7. The number of ether oxygens (including phenoxy) is 3. The van der Waals surface area contributed by atoms with Crippen LogP contribution in [0.4, 0.5) is 0 Å². The lowest BCUT2D eigenvalue weighted by atomic mass is 9.95. The van der Waals surface area contributed by atoms with E-state index in [0.717, 1.165) is 61.7 Å². The van der Waals surface area contributed by atoms with Crippen LogP contribution in [-0.2, 0) is 4.74 Å². The van der Waals surface area contributed by atoms with Crippen molar-refractivity contribution < 1.29 is 19.0 Å². The smallest absolute Gasteiger partial charge is 0.273 e. The second-order valence-corrected chi connectivity index (χ2v) is 9.34. The Kier molecular flexibility index (Phi) is 7.25. The van der Waals surface area contributed by atoms with Gasteiger partial charge in [0.1, 0.15) is 5.69 Å². The number of aryl methyl sites for hydroxylation is 1. The molecule has 2 aliphatic rings. The maximum Gasteiger partial charge on any atom is 0.273 e. The summed E-state index contributed by atoms with van der Waals surface area (Å²) in [5, 5.41) is 7.65. The number of carbonyl (C=O) groups is 1. The van der Waals surface area contributed by atoms with Crippen molar-refractivity contribution in [3.05, 3.63) is 64.8 Å². The van der Waals surface area contributed by atoms with Gasteiger partial charge in [-0.3, -0.25) is 14.8 Å². The van der Waals surface area contributed by atoms with Gasteiger partial charge < -0.3 is 19.1 Å². The predicted molar refractivity (Wildman–Crippen MR) is 138 cm³/mol. The van der Waals surface area contributed by atoms with Crippen LogP contribution in [0.25, 0.3) is 11.3 Å². The van der Waals surface area contributed by atoms with Crippen molar-refractivity contribution in [2.75, 3.05) is 53.1 Å². The second-order valence-electron chi connectivity index (χ2n) is 9.34. The van der Waals surface area contributed by atoms with E-state index < -0.39 is 0 Å². The number of carbonyl (C=O) groups excluding carboxylic acids is 1. The number of rotatable bonds is 9. The molecule has 36 heavy (non-hydrogen) atoms. The lowest BCUT2D eigenvalue weighted by molar-refractivity contribution is 0.0316. The van der Waals surface area contributed by atoms with Crippen molar-refractivity contribution in [3.63, 3.8) is 0 Å². The number of nitrogens with one attached hydrogen (secondary N) is 1. The average Bonchev–Trinajstić information content (AvgIpc) is 3.46. The summed E-state index contributed by atoms with van der Waals surface area (Å²) in [4.78, 5) is 18.0. The summed E-state index contributed by atoms with van der Waals surface area (Å²) >= 11 is 0. The minimum absolute atomic E-state index is 0.0283. The van der Waals surface area contributed by atoms with Gasteiger partial charge in [-0.2, -0.15) is 5.10 Å². The molecule has 1 N–H and O–H groups in total. The first kappa shape index (κ1) is 24.3. The lowest BCUT2D eigenvalue weighted by Crippen LogP contribution is -2.42. The fraction of sp³-hybridized carbons (Fsp3) is 0.429. The van der Waals surface area contributed by atoms with Crippen molar-refractivity contribution in [2.45, 2.75) is 26.3 Å². The summed E-state index contributed by atoms with van der Waals surface area (Å²) in [5.41, 5.74) is 5.42. The van der Waals surface area contributed by atoms with Crippen molar-refractivity contribution in [3.8, 4) is 22.8 Å². The van der Waals surface area contributed by atoms with Crippen LogP contribution in [0, 0.1) is 6.92 Å². The third-order valence-electron chi connectivity index (χ3n) is 6.91. The Bertz CT molecular complexity index is 1200. The Labute approximate surface area is 212 Å². The van der Waals surface area contributed by atoms with Gasteiger partial charge in [0.25, 0.3) is 5.91 Å². The number of benzene rings is 2. The molecule has 3 heterocycles. The molecule has 1 amide bonds. The van der Waals surface area contributed by atoms with E-state index in [-0.39, 0.29) is 11.9 Å². The van der Waals surface area contributed by atoms with Gasteiger partial charge in [0.05, 0.1) is 38.7 Å². The van der Waals surface area contributed by atoms with E-state index in [2.05, 4.69) is 53.2 Å². The molecular weight excluding hydrogens is 456 g/mol. The first-order valence-electron chi connectivity index (χ1n) is 12.7. The topological polar surface area (TPSA) is 79.9 Å². The van der Waals surface area contributed by atoms with E-state index >= 15 is 0 Å². The summed E-state index contributed by atoms with van der Waals surface area (Å²) in [6.45, 7) is 9.37. The third-order valence-corrected chi connectivity index (χ3v) is 6.91. The van der Waals surface area contributed by atoms with Crippen LogP contribution in [0.2, 0.25) is 0 Å². The summed E-state index contributed by atoms with van der Waals surface area (Å²) in [7, 11) is 1.65. The highest BCUT2D eigenvalue weighted by atomic mass is 16.5. The second kappa shape index (κ2) is 10.7. The monoisotopic (exact) mass is 490 g/mol. The molecule has 0 aliphatic carbocycles. The minimum Gasteiger partial charge on any atom is -0.493 e. The highest BCUT2D eigenvalue weighted by Crippen LogP contribution is 2.44. The number of aromatic amines is 1. The molecule has 2 aliphatic heterocycles. The molecule has 0 bridgehead atoms. The number of hydrogen-bond donors (Lipinski definition) is 1. The van der Waals surface area contributed by atoms with Gasteiger partial charge in [0.15, 0.2) is 11.5 Å². The van der Waals surface area contributed by atoms with Crippen LogP contribution < -0.4 is 9.47 Å². The molecule has 1 unspecified atom stereocenters. The SMILES string of the molecule is CCCOc1ccc(C2c3c(-c4ccc(C)cc4)n[nH]c3C(=O)N2CCN2CCOCC2)cc1OC. The molecule has 190 valence electrons. The molecule has 2 aromatic carbocycles. The average molecular weight is 491 g/mol. The van der Waals surface area contributed by atoms with Crippen LogP contribution in [0.5, 0.6) is 11.5 Å².